The highest BCUT2D eigenvalue weighted by Crippen LogP contribution is 2.65. The first-order valence-corrected chi connectivity index (χ1v) is 21.9. The molecule has 1 spiro atoms. The van der Waals surface area contributed by atoms with Gasteiger partial charge in [-0.2, -0.15) is 0 Å². The van der Waals surface area contributed by atoms with E-state index in [1.807, 2.05) is 6.07 Å². The molecular weight excluding hydrogens is 779 g/mol. The van der Waals surface area contributed by atoms with E-state index in [2.05, 4.69) is 235 Å². The predicted octanol–water partition coefficient (Wildman–Crippen LogP) is 16.4. The van der Waals surface area contributed by atoms with Crippen LogP contribution in [-0.4, -0.2) is 0 Å². The summed E-state index contributed by atoms with van der Waals surface area (Å²) in [5.41, 5.74) is 19.1. The van der Waals surface area contributed by atoms with Crippen LogP contribution in [0.5, 0.6) is 23.0 Å². The Labute approximate surface area is 372 Å². The minimum absolute atomic E-state index is 0.510. The van der Waals surface area contributed by atoms with Gasteiger partial charge in [0, 0.05) is 11.3 Å². The van der Waals surface area contributed by atoms with Crippen LogP contribution in [0, 0.1) is 0 Å². The molecule has 64 heavy (non-hydrogen) atoms. The molecule has 0 N–H and O–H groups in total. The van der Waals surface area contributed by atoms with Crippen LogP contribution in [0.4, 0.5) is 17.1 Å². The van der Waals surface area contributed by atoms with E-state index >= 15 is 0 Å². The average Bonchev–Trinajstić information content (AvgIpc) is 3.83. The van der Waals surface area contributed by atoms with Gasteiger partial charge in [-0.3, -0.25) is 0 Å². The van der Waals surface area contributed by atoms with Crippen molar-refractivity contribution >= 4 is 17.1 Å². The second-order valence-electron chi connectivity index (χ2n) is 16.8. The van der Waals surface area contributed by atoms with Gasteiger partial charge in [-0.05, 0) is 121 Å². The zero-order valence-electron chi connectivity index (χ0n) is 34.8. The second kappa shape index (κ2) is 14.3. The monoisotopic (exact) mass is 817 g/mol. The number of benzene rings is 10. The fourth-order valence-electron chi connectivity index (χ4n) is 10.6. The van der Waals surface area contributed by atoms with Crippen molar-refractivity contribution in [3.8, 4) is 78.6 Å². The van der Waals surface area contributed by atoms with Gasteiger partial charge in [0.1, 0.15) is 0 Å². The Morgan fingerprint density at radius 2 is 0.750 bits per heavy atom. The van der Waals surface area contributed by atoms with Gasteiger partial charge in [-0.25, -0.2) is 0 Å². The van der Waals surface area contributed by atoms with Crippen molar-refractivity contribution in [2.24, 2.45) is 0 Å². The van der Waals surface area contributed by atoms with Gasteiger partial charge in [-0.15, -0.1) is 0 Å². The van der Waals surface area contributed by atoms with E-state index in [1.165, 1.54) is 38.9 Å². The van der Waals surface area contributed by atoms with E-state index in [9.17, 15) is 0 Å². The quantitative estimate of drug-likeness (QED) is 0.167. The van der Waals surface area contributed by atoms with Gasteiger partial charge in [0.15, 0.2) is 23.0 Å². The minimum atomic E-state index is -0.510. The molecule has 3 nitrogen and oxygen atoms in total. The van der Waals surface area contributed by atoms with Crippen LogP contribution in [0.2, 0.25) is 0 Å². The fourth-order valence-corrected chi connectivity index (χ4v) is 10.6. The number of anilines is 3. The van der Waals surface area contributed by atoms with Gasteiger partial charge in [0.2, 0.25) is 0 Å². The molecule has 300 valence electrons. The smallest absolute Gasteiger partial charge is 0.194 e. The molecule has 10 aromatic rings. The summed E-state index contributed by atoms with van der Waals surface area (Å²) in [6.07, 6.45) is 0. The van der Waals surface area contributed by atoms with E-state index in [0.29, 0.717) is 23.0 Å². The molecule has 1 heterocycles. The molecule has 0 saturated heterocycles. The van der Waals surface area contributed by atoms with Crippen molar-refractivity contribution in [3.63, 3.8) is 0 Å². The Hall–Kier alpha value is -8.40. The molecule has 13 rings (SSSR count). The number of fused-ring (bicyclic) bond motifs is 12. The van der Waals surface area contributed by atoms with Crippen LogP contribution in [0.25, 0.3) is 55.6 Å². The van der Waals surface area contributed by atoms with Crippen LogP contribution in [-0.2, 0) is 5.41 Å². The first-order valence-electron chi connectivity index (χ1n) is 21.9. The molecular formula is C61H39NO2. The Kier molecular flexibility index (Phi) is 8.13. The van der Waals surface area contributed by atoms with Gasteiger partial charge in [-0.1, -0.05) is 188 Å². The average molecular weight is 818 g/mol. The summed E-state index contributed by atoms with van der Waals surface area (Å²) in [7, 11) is 0. The van der Waals surface area contributed by atoms with Crippen molar-refractivity contribution in [3.05, 3.63) is 259 Å². The summed E-state index contributed by atoms with van der Waals surface area (Å²) in [6.45, 7) is 0. The number of hydrogen-bond donors (Lipinski definition) is 0. The topological polar surface area (TPSA) is 21.7 Å². The number of hydrogen-bond acceptors (Lipinski definition) is 3. The summed E-state index contributed by atoms with van der Waals surface area (Å²) in [6, 6.07) is 84.8. The highest BCUT2D eigenvalue weighted by molar-refractivity contribution is 5.97. The molecule has 0 saturated carbocycles. The Bertz CT molecular complexity index is 3350. The van der Waals surface area contributed by atoms with Crippen molar-refractivity contribution in [2.75, 3.05) is 4.90 Å². The molecule has 1 aliphatic heterocycles. The summed E-state index contributed by atoms with van der Waals surface area (Å²) in [5, 5.41) is 0. The van der Waals surface area contributed by atoms with Crippen LogP contribution >= 0.6 is 0 Å². The molecule has 3 aliphatic rings. The maximum Gasteiger partial charge on any atom is 0.194 e. The van der Waals surface area contributed by atoms with Gasteiger partial charge in [0.25, 0.3) is 0 Å². The lowest BCUT2D eigenvalue weighted by atomic mass is 9.70. The van der Waals surface area contributed by atoms with Crippen molar-refractivity contribution < 1.29 is 9.47 Å². The lowest BCUT2D eigenvalue weighted by molar-refractivity contribution is 0.360. The normalized spacial score (nSPS) is 13.1. The third kappa shape index (κ3) is 5.41. The van der Waals surface area contributed by atoms with E-state index < -0.39 is 5.41 Å². The highest BCUT2D eigenvalue weighted by Gasteiger charge is 2.52. The standard InChI is InChI=1S/C61H39NO2/c1-4-19-40(20-5-1)43-35-44(41-21-6-2-7-22-41)37-45(36-43)62(55-32-17-13-25-46(55)42-23-8-3-9-24-42)56-33-18-34-57-60(56)64-59-39-54-50(38-58(59)63-57)49-28-12-16-31-53(49)61(54)51-29-14-10-26-47(51)48-27-11-15-30-52(48)61/h1-39H. The lowest BCUT2D eigenvalue weighted by Gasteiger charge is -2.33. The van der Waals surface area contributed by atoms with E-state index in [1.54, 1.807) is 0 Å². The van der Waals surface area contributed by atoms with Crippen LogP contribution < -0.4 is 14.4 Å². The molecule has 0 fully saturated rings. The molecule has 2 aliphatic carbocycles. The second-order valence-corrected chi connectivity index (χ2v) is 16.8. The lowest BCUT2D eigenvalue weighted by Crippen LogP contribution is -2.26. The van der Waals surface area contributed by atoms with Crippen LogP contribution in [0.1, 0.15) is 22.3 Å². The Balaban J connectivity index is 1.03. The maximum atomic E-state index is 7.34. The molecule has 0 radical (unpaired) electrons. The summed E-state index contributed by atoms with van der Waals surface area (Å²) in [5.74, 6) is 2.70. The molecule has 10 aromatic carbocycles. The van der Waals surface area contributed by atoms with E-state index in [0.717, 1.165) is 56.0 Å². The van der Waals surface area contributed by atoms with Crippen molar-refractivity contribution in [1.29, 1.82) is 0 Å². The van der Waals surface area contributed by atoms with Gasteiger partial charge < -0.3 is 14.4 Å². The fraction of sp³-hybridized carbons (Fsp3) is 0.0164. The largest absolute Gasteiger partial charge is 0.449 e. The Morgan fingerprint density at radius 3 is 1.34 bits per heavy atom. The number of ether oxygens (including phenoxy) is 2. The minimum Gasteiger partial charge on any atom is -0.449 e. The van der Waals surface area contributed by atoms with Crippen molar-refractivity contribution in [2.45, 2.75) is 5.41 Å². The summed E-state index contributed by atoms with van der Waals surface area (Å²) < 4.78 is 14.4. The summed E-state index contributed by atoms with van der Waals surface area (Å²) >= 11 is 0. The van der Waals surface area contributed by atoms with Crippen LogP contribution in [0.15, 0.2) is 237 Å². The first kappa shape index (κ1) is 36.3. The molecule has 0 amide bonds. The van der Waals surface area contributed by atoms with Crippen molar-refractivity contribution in [1.82, 2.24) is 0 Å². The number of rotatable bonds is 6. The zero-order chi connectivity index (χ0) is 42.2. The predicted molar refractivity (Wildman–Crippen MR) is 260 cm³/mol. The molecule has 0 bridgehead atoms. The zero-order valence-corrected chi connectivity index (χ0v) is 34.8. The van der Waals surface area contributed by atoms with E-state index in [4.69, 9.17) is 9.47 Å². The SMILES string of the molecule is c1ccc(-c2cc(-c3ccccc3)cc(N(c3ccccc3-c3ccccc3)c3cccc4c3Oc3cc5c(cc3O4)-c3ccccc3C53c4ccccc4-c4ccccc43)c2)cc1. The third-order valence-electron chi connectivity index (χ3n) is 13.3. The summed E-state index contributed by atoms with van der Waals surface area (Å²) in [4.78, 5) is 2.35. The highest BCUT2D eigenvalue weighted by atomic mass is 16.6. The molecule has 0 aromatic heterocycles. The molecule has 3 heteroatoms. The van der Waals surface area contributed by atoms with Gasteiger partial charge in [0.05, 0.1) is 16.8 Å². The van der Waals surface area contributed by atoms with Crippen LogP contribution in [0.3, 0.4) is 0 Å². The third-order valence-corrected chi connectivity index (χ3v) is 13.3. The maximum absolute atomic E-state index is 7.34. The van der Waals surface area contributed by atoms with E-state index in [-0.39, 0.29) is 0 Å². The number of nitrogens with zero attached hydrogens (tertiary/aromatic N) is 1. The van der Waals surface area contributed by atoms with Gasteiger partial charge >= 0.3 is 0 Å². The first-order chi connectivity index (χ1) is 31.7. The molecule has 0 unspecified atom stereocenters. The number of para-hydroxylation sites is 2. The molecule has 0 atom stereocenters. The Morgan fingerprint density at radius 1 is 0.281 bits per heavy atom.